The smallest absolute Gasteiger partial charge is 0.410 e. The summed E-state index contributed by atoms with van der Waals surface area (Å²) in [5, 5.41) is 10.4. The van der Waals surface area contributed by atoms with Crippen molar-refractivity contribution in [3.05, 3.63) is 47.9 Å². The van der Waals surface area contributed by atoms with Gasteiger partial charge in [0, 0.05) is 37.2 Å². The molecular weight excluding hydrogens is 480 g/mol. The van der Waals surface area contributed by atoms with E-state index in [9.17, 15) is 9.18 Å². The van der Waals surface area contributed by atoms with Gasteiger partial charge in [-0.2, -0.15) is 5.10 Å². The maximum Gasteiger partial charge on any atom is 0.410 e. The Morgan fingerprint density at radius 1 is 1.11 bits per heavy atom. The molecule has 0 bridgehead atoms. The van der Waals surface area contributed by atoms with E-state index in [0.717, 1.165) is 0 Å². The number of ether oxygens (including phenoxy) is 1. The average Bonchev–Trinajstić information content (AvgIpc) is 3.35. The van der Waals surface area contributed by atoms with Crippen molar-refractivity contribution >= 4 is 39.8 Å². The van der Waals surface area contributed by atoms with Crippen LogP contribution in [0, 0.1) is 18.6 Å². The molecule has 4 aromatic rings. The van der Waals surface area contributed by atoms with E-state index in [4.69, 9.17) is 4.74 Å². The van der Waals surface area contributed by atoms with Crippen molar-refractivity contribution in [2.24, 2.45) is 0 Å². The summed E-state index contributed by atoms with van der Waals surface area (Å²) in [6.07, 6.45) is 3.04. The SMILES string of the molecule is Cc1cn2cc(Nc3n[nH]c4cc(N5C[C@H](C)N(C(=O)OC(C)(C)C)[C@@H](C)C5)cc(F)c34)cc(F)c2n1. The van der Waals surface area contributed by atoms with Gasteiger partial charge in [0.1, 0.15) is 11.4 Å². The van der Waals surface area contributed by atoms with Gasteiger partial charge in [-0.1, -0.05) is 0 Å². The largest absolute Gasteiger partial charge is 0.444 e. The molecule has 1 aliphatic rings. The lowest BCUT2D eigenvalue weighted by atomic mass is 10.1. The second-order valence-corrected chi connectivity index (χ2v) is 10.7. The molecule has 0 radical (unpaired) electrons. The third kappa shape index (κ3) is 4.77. The molecule has 0 spiro atoms. The first-order chi connectivity index (χ1) is 17.4. The fourth-order valence-corrected chi connectivity index (χ4v) is 4.96. The number of aryl methyl sites for hydroxylation is 1. The van der Waals surface area contributed by atoms with Crippen molar-refractivity contribution in [1.82, 2.24) is 24.5 Å². The summed E-state index contributed by atoms with van der Waals surface area (Å²) in [4.78, 5) is 20.7. The number of H-pyrrole nitrogens is 1. The van der Waals surface area contributed by atoms with Gasteiger partial charge in [-0.15, -0.1) is 0 Å². The molecule has 1 amide bonds. The number of benzene rings is 1. The zero-order valence-corrected chi connectivity index (χ0v) is 21.8. The Kier molecular flexibility index (Phi) is 5.96. The summed E-state index contributed by atoms with van der Waals surface area (Å²) < 4.78 is 37.1. The molecule has 196 valence electrons. The highest BCUT2D eigenvalue weighted by atomic mass is 19.1. The number of aromatic nitrogens is 4. The number of pyridine rings is 1. The molecular formula is C26H31F2N7O2. The van der Waals surface area contributed by atoms with Crippen LogP contribution in [0.4, 0.5) is 30.8 Å². The van der Waals surface area contributed by atoms with Crippen LogP contribution in [-0.2, 0) is 4.74 Å². The molecule has 5 rings (SSSR count). The number of fused-ring (bicyclic) bond motifs is 2. The van der Waals surface area contributed by atoms with Crippen LogP contribution in [0.15, 0.2) is 30.6 Å². The molecule has 2 atom stereocenters. The van der Waals surface area contributed by atoms with E-state index in [-0.39, 0.29) is 35.0 Å². The summed E-state index contributed by atoms with van der Waals surface area (Å²) in [5.41, 5.74) is 1.94. The summed E-state index contributed by atoms with van der Waals surface area (Å²) in [5.74, 6) is -0.695. The number of rotatable bonds is 3. The van der Waals surface area contributed by atoms with E-state index in [1.807, 2.05) is 40.7 Å². The molecule has 1 fully saturated rings. The number of piperazine rings is 1. The van der Waals surface area contributed by atoms with Crippen LogP contribution in [-0.4, -0.2) is 61.3 Å². The first-order valence-corrected chi connectivity index (χ1v) is 12.3. The third-order valence-corrected chi connectivity index (χ3v) is 6.38. The van der Waals surface area contributed by atoms with Crippen molar-refractivity contribution in [3.8, 4) is 0 Å². The Balaban J connectivity index is 1.38. The molecule has 1 saturated heterocycles. The molecule has 11 heteroatoms. The maximum atomic E-state index is 15.4. The Labute approximate surface area is 213 Å². The number of imidazole rings is 1. The Hall–Kier alpha value is -3.89. The molecule has 1 aliphatic heterocycles. The molecule has 2 N–H and O–H groups in total. The standard InChI is InChI=1S/C26H31F2N7O2/c1-14-10-34-13-17(7-20(28)24(34)29-14)30-23-22-19(27)8-18(9-21(22)31-32-23)33-11-15(2)35(16(3)12-33)25(36)37-26(4,5)6/h7-10,13,15-16H,11-12H2,1-6H3,(H2,30,31,32)/t15-,16-/m0/s1. The van der Waals surface area contributed by atoms with Crippen LogP contribution in [0.3, 0.4) is 0 Å². The number of carbonyl (C=O) groups is 1. The molecule has 4 heterocycles. The highest BCUT2D eigenvalue weighted by Gasteiger charge is 2.36. The predicted octanol–water partition coefficient (Wildman–Crippen LogP) is 5.37. The molecule has 1 aromatic carbocycles. The average molecular weight is 512 g/mol. The molecule has 0 saturated carbocycles. The van der Waals surface area contributed by atoms with Gasteiger partial charge in [0.25, 0.3) is 0 Å². The lowest BCUT2D eigenvalue weighted by molar-refractivity contribution is 0.00565. The number of amides is 1. The van der Waals surface area contributed by atoms with E-state index in [1.165, 1.54) is 12.1 Å². The molecule has 0 unspecified atom stereocenters. The molecule has 9 nitrogen and oxygen atoms in total. The van der Waals surface area contributed by atoms with E-state index in [2.05, 4.69) is 25.4 Å². The quantitative estimate of drug-likeness (QED) is 0.384. The number of hydrogen-bond donors (Lipinski definition) is 2. The number of carbonyl (C=O) groups excluding carboxylic acids is 1. The van der Waals surface area contributed by atoms with Crippen LogP contribution in [0.1, 0.15) is 40.3 Å². The van der Waals surface area contributed by atoms with Crippen LogP contribution in [0.5, 0.6) is 0 Å². The van der Waals surface area contributed by atoms with Crippen molar-refractivity contribution in [2.75, 3.05) is 23.3 Å². The van der Waals surface area contributed by atoms with Crippen molar-refractivity contribution in [1.29, 1.82) is 0 Å². The number of anilines is 3. The molecule has 0 aliphatic carbocycles. The van der Waals surface area contributed by atoms with Gasteiger partial charge in [-0.3, -0.25) is 10.00 Å². The van der Waals surface area contributed by atoms with E-state index < -0.39 is 17.2 Å². The Morgan fingerprint density at radius 3 is 2.49 bits per heavy atom. The summed E-state index contributed by atoms with van der Waals surface area (Å²) in [6, 6.07) is 4.35. The first kappa shape index (κ1) is 24.8. The monoisotopic (exact) mass is 511 g/mol. The summed E-state index contributed by atoms with van der Waals surface area (Å²) in [7, 11) is 0. The number of nitrogens with zero attached hydrogens (tertiary/aromatic N) is 5. The lowest BCUT2D eigenvalue weighted by Crippen LogP contribution is -2.59. The Morgan fingerprint density at radius 2 is 1.81 bits per heavy atom. The highest BCUT2D eigenvalue weighted by Crippen LogP contribution is 2.33. The first-order valence-electron chi connectivity index (χ1n) is 12.3. The van der Waals surface area contributed by atoms with Crippen molar-refractivity contribution < 1.29 is 18.3 Å². The maximum absolute atomic E-state index is 15.4. The summed E-state index contributed by atoms with van der Waals surface area (Å²) in [6.45, 7) is 12.3. The van der Waals surface area contributed by atoms with Gasteiger partial charge >= 0.3 is 6.09 Å². The van der Waals surface area contributed by atoms with Gasteiger partial charge in [-0.05, 0) is 53.7 Å². The van der Waals surface area contributed by atoms with Crippen LogP contribution in [0.2, 0.25) is 0 Å². The lowest BCUT2D eigenvalue weighted by Gasteiger charge is -2.45. The minimum absolute atomic E-state index is 0.132. The van der Waals surface area contributed by atoms with Crippen molar-refractivity contribution in [2.45, 2.75) is 59.2 Å². The fraction of sp³-hybridized carbons (Fsp3) is 0.423. The van der Waals surface area contributed by atoms with Gasteiger partial charge in [0.2, 0.25) is 0 Å². The third-order valence-electron chi connectivity index (χ3n) is 6.38. The topological polar surface area (TPSA) is 90.8 Å². The molecule has 3 aromatic heterocycles. The minimum Gasteiger partial charge on any atom is -0.444 e. The van der Waals surface area contributed by atoms with E-state index in [1.54, 1.807) is 28.6 Å². The Bertz CT molecular complexity index is 1480. The van der Waals surface area contributed by atoms with Gasteiger partial charge in [0.05, 0.1) is 34.4 Å². The van der Waals surface area contributed by atoms with E-state index >= 15 is 4.39 Å². The normalized spacial score (nSPS) is 18.6. The van der Waals surface area contributed by atoms with Crippen LogP contribution in [0.25, 0.3) is 16.6 Å². The van der Waals surface area contributed by atoms with E-state index in [0.29, 0.717) is 35.7 Å². The van der Waals surface area contributed by atoms with Gasteiger partial charge in [0.15, 0.2) is 17.3 Å². The summed E-state index contributed by atoms with van der Waals surface area (Å²) >= 11 is 0. The second-order valence-electron chi connectivity index (χ2n) is 10.7. The predicted molar refractivity (Wildman–Crippen MR) is 138 cm³/mol. The molecule has 37 heavy (non-hydrogen) atoms. The van der Waals surface area contributed by atoms with Gasteiger partial charge < -0.3 is 19.4 Å². The highest BCUT2D eigenvalue weighted by molar-refractivity contribution is 5.94. The zero-order chi connectivity index (χ0) is 26.6. The van der Waals surface area contributed by atoms with Gasteiger partial charge in [-0.25, -0.2) is 18.6 Å². The second kappa shape index (κ2) is 8.89. The van der Waals surface area contributed by atoms with Crippen LogP contribution >= 0.6 is 0 Å². The van der Waals surface area contributed by atoms with Crippen LogP contribution < -0.4 is 10.2 Å². The van der Waals surface area contributed by atoms with Crippen molar-refractivity contribution in [3.63, 3.8) is 0 Å². The number of nitrogens with one attached hydrogen (secondary N) is 2. The fourth-order valence-electron chi connectivity index (χ4n) is 4.96. The number of aromatic amines is 1. The number of hydrogen-bond acceptors (Lipinski definition) is 6. The minimum atomic E-state index is -0.580. The zero-order valence-electron chi connectivity index (χ0n) is 21.8. The number of halogens is 2.